The van der Waals surface area contributed by atoms with Crippen LogP contribution in [0.1, 0.15) is 18.1 Å². The average molecular weight is 318 g/mol. The molecule has 0 aromatic heterocycles. The van der Waals surface area contributed by atoms with E-state index in [9.17, 15) is 0 Å². The van der Waals surface area contributed by atoms with Crippen LogP contribution in [0.15, 0.2) is 30.3 Å². The number of hydrogen-bond acceptors (Lipinski definition) is 2. The van der Waals surface area contributed by atoms with E-state index in [1.165, 1.54) is 27.7 Å². The van der Waals surface area contributed by atoms with E-state index in [1.54, 1.807) is 0 Å². The number of nitrogens with zero attached hydrogens (tertiary/aromatic N) is 2. The van der Waals surface area contributed by atoms with Gasteiger partial charge in [-0.25, -0.2) is 0 Å². The van der Waals surface area contributed by atoms with Gasteiger partial charge in [-0.2, -0.15) is 0 Å². The molecular formula is C22H26N2. The maximum absolute atomic E-state index is 4.24. The Morgan fingerprint density at radius 2 is 1.67 bits per heavy atom. The smallest absolute Gasteiger partial charge is 0.0902 e. The molecule has 2 aromatic rings. The van der Waals surface area contributed by atoms with Crippen LogP contribution in [0, 0.1) is 13.8 Å². The molecule has 24 heavy (non-hydrogen) atoms. The topological polar surface area (TPSA) is 6.48 Å². The number of hydrogen-bond donors (Lipinski definition) is 0. The van der Waals surface area contributed by atoms with Crippen LogP contribution in [0.3, 0.4) is 0 Å². The van der Waals surface area contributed by atoms with Gasteiger partial charge in [0.05, 0.1) is 6.67 Å². The lowest BCUT2D eigenvalue weighted by atomic mass is 10.1. The molecular weight excluding hydrogens is 292 g/mol. The monoisotopic (exact) mass is 318 g/mol. The van der Waals surface area contributed by atoms with Gasteiger partial charge in [-0.1, -0.05) is 49.6 Å². The van der Waals surface area contributed by atoms with Gasteiger partial charge in [0.1, 0.15) is 0 Å². The first-order chi connectivity index (χ1) is 11.4. The quantitative estimate of drug-likeness (QED) is 0.827. The highest BCUT2D eigenvalue weighted by atomic mass is 15.4. The Balaban J connectivity index is 1.99. The van der Waals surface area contributed by atoms with Crippen LogP contribution >= 0.6 is 0 Å². The van der Waals surface area contributed by atoms with Gasteiger partial charge in [-0.15, -0.1) is 0 Å². The van der Waals surface area contributed by atoms with Crippen LogP contribution in [-0.2, 0) is 0 Å². The first kappa shape index (κ1) is 16.4. The summed E-state index contributed by atoms with van der Waals surface area (Å²) in [5.41, 5.74) is 5.06. The maximum Gasteiger partial charge on any atom is 0.0902 e. The van der Waals surface area contributed by atoms with Gasteiger partial charge in [0.2, 0.25) is 0 Å². The van der Waals surface area contributed by atoms with Crippen molar-refractivity contribution in [2.24, 2.45) is 0 Å². The van der Waals surface area contributed by atoms with Gasteiger partial charge >= 0.3 is 0 Å². The van der Waals surface area contributed by atoms with Crippen molar-refractivity contribution in [1.82, 2.24) is 4.90 Å². The van der Waals surface area contributed by atoms with Gasteiger partial charge in [0, 0.05) is 29.7 Å². The fourth-order valence-corrected chi connectivity index (χ4v) is 3.48. The van der Waals surface area contributed by atoms with Crippen molar-refractivity contribution in [1.29, 1.82) is 0 Å². The lowest BCUT2D eigenvalue weighted by molar-refractivity contribution is 0.487. The Morgan fingerprint density at radius 3 is 2.42 bits per heavy atom. The highest BCUT2D eigenvalue weighted by Crippen LogP contribution is 2.20. The molecule has 0 radical (unpaired) electrons. The summed E-state index contributed by atoms with van der Waals surface area (Å²) in [6.45, 7) is 21.9. The largest absolute Gasteiger partial charge is 0.355 e. The molecule has 0 aliphatic carbocycles. The van der Waals surface area contributed by atoms with E-state index in [4.69, 9.17) is 0 Å². The van der Waals surface area contributed by atoms with Crippen molar-refractivity contribution in [3.63, 3.8) is 0 Å². The molecule has 0 saturated carbocycles. The molecule has 1 heterocycles. The fraction of sp³-hybridized carbons (Fsp3) is 0.273. The molecule has 3 rings (SSSR count). The standard InChI is InChI=1S/C22H26N2/c1-15-7-8-17(3)21(13-15)20(6)23-11-12-24(14-23)22-18(4)10-9-16(2)19(22)5/h7-10,13H,2-3,5,11-12,14H2,1,4,6H3/b21-20+. The molecule has 2 heteroatoms. The minimum absolute atomic E-state index is 0.881. The number of anilines is 1. The van der Waals surface area contributed by atoms with Crippen LogP contribution < -0.4 is 25.8 Å². The third kappa shape index (κ3) is 2.84. The summed E-state index contributed by atoms with van der Waals surface area (Å²) in [5.74, 6) is 0. The minimum Gasteiger partial charge on any atom is -0.355 e. The number of aryl methyl sites for hydroxylation is 2. The summed E-state index contributed by atoms with van der Waals surface area (Å²) in [6.07, 6.45) is 0. The Bertz CT molecular complexity index is 988. The van der Waals surface area contributed by atoms with Gasteiger partial charge in [-0.05, 0) is 48.1 Å². The van der Waals surface area contributed by atoms with Crippen LogP contribution in [0.25, 0.3) is 25.4 Å². The zero-order valence-corrected chi connectivity index (χ0v) is 15.0. The van der Waals surface area contributed by atoms with Gasteiger partial charge in [0.15, 0.2) is 0 Å². The van der Waals surface area contributed by atoms with E-state index >= 15 is 0 Å². The molecule has 0 N–H and O–H groups in total. The molecule has 1 fully saturated rings. The molecule has 2 aromatic carbocycles. The highest BCUT2D eigenvalue weighted by Gasteiger charge is 2.22. The minimum atomic E-state index is 0.881. The van der Waals surface area contributed by atoms with Gasteiger partial charge < -0.3 is 9.80 Å². The summed E-state index contributed by atoms with van der Waals surface area (Å²) < 4.78 is 0. The molecule has 0 atom stereocenters. The Morgan fingerprint density at radius 1 is 0.958 bits per heavy atom. The Hall–Kier alpha value is -2.48. The van der Waals surface area contributed by atoms with Gasteiger partial charge in [-0.3, -0.25) is 0 Å². The van der Waals surface area contributed by atoms with Crippen molar-refractivity contribution in [2.75, 3.05) is 24.7 Å². The van der Waals surface area contributed by atoms with E-state index in [1.807, 2.05) is 6.07 Å². The lowest BCUT2D eigenvalue weighted by Gasteiger charge is -2.24. The maximum atomic E-state index is 4.24. The molecule has 1 aliphatic rings. The molecule has 0 bridgehead atoms. The van der Waals surface area contributed by atoms with E-state index < -0.39 is 0 Å². The summed E-state index contributed by atoms with van der Waals surface area (Å²) >= 11 is 0. The average Bonchev–Trinajstić information content (AvgIpc) is 3.02. The van der Waals surface area contributed by atoms with Crippen molar-refractivity contribution in [2.45, 2.75) is 20.8 Å². The van der Waals surface area contributed by atoms with Crippen LogP contribution in [0.4, 0.5) is 5.69 Å². The second-order valence-corrected chi connectivity index (χ2v) is 6.78. The van der Waals surface area contributed by atoms with Crippen molar-refractivity contribution < 1.29 is 0 Å². The zero-order chi connectivity index (χ0) is 17.4. The second kappa shape index (κ2) is 6.20. The molecule has 1 saturated heterocycles. The Kier molecular flexibility index (Phi) is 4.23. The molecule has 0 unspecified atom stereocenters. The van der Waals surface area contributed by atoms with Crippen molar-refractivity contribution in [3.05, 3.63) is 62.3 Å². The number of benzene rings is 2. The summed E-state index contributed by atoms with van der Waals surface area (Å²) in [6, 6.07) is 10.6. The molecule has 124 valence electrons. The number of rotatable bonds is 2. The van der Waals surface area contributed by atoms with E-state index in [-0.39, 0.29) is 0 Å². The second-order valence-electron chi connectivity index (χ2n) is 6.78. The lowest BCUT2D eigenvalue weighted by Crippen LogP contribution is -2.36. The van der Waals surface area contributed by atoms with Crippen LogP contribution in [0.5, 0.6) is 0 Å². The van der Waals surface area contributed by atoms with Crippen LogP contribution in [-0.4, -0.2) is 24.7 Å². The predicted molar refractivity (Wildman–Crippen MR) is 105 cm³/mol. The summed E-state index contributed by atoms with van der Waals surface area (Å²) in [4.78, 5) is 4.84. The predicted octanol–water partition coefficient (Wildman–Crippen LogP) is 1.44. The van der Waals surface area contributed by atoms with Crippen molar-refractivity contribution in [3.8, 4) is 0 Å². The van der Waals surface area contributed by atoms with E-state index in [0.29, 0.717) is 0 Å². The third-order valence-corrected chi connectivity index (χ3v) is 5.01. The molecule has 1 aliphatic heterocycles. The van der Waals surface area contributed by atoms with E-state index in [0.717, 1.165) is 35.4 Å². The van der Waals surface area contributed by atoms with Crippen LogP contribution in [0.2, 0.25) is 0 Å². The third-order valence-electron chi connectivity index (χ3n) is 5.01. The van der Waals surface area contributed by atoms with Gasteiger partial charge in [0.25, 0.3) is 0 Å². The molecule has 0 spiro atoms. The highest BCUT2D eigenvalue weighted by molar-refractivity contribution is 5.57. The first-order valence-corrected chi connectivity index (χ1v) is 8.42. The molecule has 2 nitrogen and oxygen atoms in total. The summed E-state index contributed by atoms with van der Waals surface area (Å²) in [7, 11) is 0. The Labute approximate surface area is 144 Å². The van der Waals surface area contributed by atoms with Crippen molar-refractivity contribution >= 4 is 31.1 Å². The fourth-order valence-electron chi connectivity index (χ4n) is 3.48. The summed E-state index contributed by atoms with van der Waals surface area (Å²) in [5, 5.41) is 4.39. The first-order valence-electron chi connectivity index (χ1n) is 8.42. The normalized spacial score (nSPS) is 15.8. The zero-order valence-electron chi connectivity index (χ0n) is 15.0. The molecule has 0 amide bonds. The SMILES string of the molecule is C=c1ccc(C)c(N2CCN(/C(C)=c3\cc(C)ccc3=C)C2)c1=C. The van der Waals surface area contributed by atoms with E-state index in [2.05, 4.69) is 74.6 Å².